The molecule has 0 amide bonds. The topological polar surface area (TPSA) is 75.1 Å². The number of ether oxygens (including phenoxy) is 1. The first-order chi connectivity index (χ1) is 8.27. The summed E-state index contributed by atoms with van der Waals surface area (Å²) in [4.78, 5) is 13.8. The molecule has 0 unspecified atom stereocenters. The smallest absolute Gasteiger partial charge is 0.310 e. The molecule has 0 atom stereocenters. The number of esters is 1. The Morgan fingerprint density at radius 2 is 2.29 bits per heavy atom. The minimum atomic E-state index is -0.311. The predicted molar refractivity (Wildman–Crippen MR) is 63.1 cm³/mol. The van der Waals surface area contributed by atoms with Crippen LogP contribution in [0.1, 0.15) is 11.1 Å². The maximum absolute atomic E-state index is 11.2. The van der Waals surface area contributed by atoms with Crippen molar-refractivity contribution in [3.05, 3.63) is 45.8 Å². The van der Waals surface area contributed by atoms with Crippen LogP contribution in [0.3, 0.4) is 0 Å². The van der Waals surface area contributed by atoms with Crippen LogP contribution in [0, 0.1) is 11.8 Å². The molecule has 0 bridgehead atoms. The lowest BCUT2D eigenvalue weighted by Gasteiger charge is -2.02. The Hall–Kier alpha value is -2.44. The molecule has 5 nitrogen and oxygen atoms in total. The molecule has 0 fully saturated rings. The zero-order valence-corrected chi connectivity index (χ0v) is 9.38. The molecule has 1 aromatic rings. The summed E-state index contributed by atoms with van der Waals surface area (Å²) < 4.78 is 4.60. The molecule has 0 aliphatic rings. The van der Waals surface area contributed by atoms with Gasteiger partial charge in [0.05, 0.1) is 20.1 Å². The average molecular weight is 229 g/mol. The second-order valence-corrected chi connectivity index (χ2v) is 3.10. The summed E-state index contributed by atoms with van der Waals surface area (Å²) in [5, 5.41) is 3.31. The summed E-state index contributed by atoms with van der Waals surface area (Å²) in [5.74, 6) is 5.26. The summed E-state index contributed by atoms with van der Waals surface area (Å²) in [6.07, 6.45) is 0.183. The Bertz CT molecular complexity index is 508. The zero-order chi connectivity index (χ0) is 12.5. The van der Waals surface area contributed by atoms with Crippen LogP contribution in [0.5, 0.6) is 0 Å². The Kier molecular flexibility index (Phi) is 5.15. The Morgan fingerprint density at radius 3 is 3.00 bits per heavy atom. The summed E-state index contributed by atoms with van der Waals surface area (Å²) in [6, 6.07) is 7.28. The molecule has 0 aromatic heterocycles. The molecule has 5 heteroatoms. The number of carbonyl (C=O) groups is 1. The van der Waals surface area contributed by atoms with Gasteiger partial charge in [0.1, 0.15) is 0 Å². The van der Waals surface area contributed by atoms with Gasteiger partial charge < -0.3 is 4.74 Å². The first-order valence-corrected chi connectivity index (χ1v) is 4.92. The third-order valence-electron chi connectivity index (χ3n) is 2.02. The normalized spacial score (nSPS) is 8.53. The number of carbonyl (C=O) groups excluding carboxylic acids is 1. The van der Waals surface area contributed by atoms with Crippen molar-refractivity contribution in [2.75, 3.05) is 13.7 Å². The fraction of sp³-hybridized carbons (Fsp3) is 0.250. The van der Waals surface area contributed by atoms with Crippen LogP contribution >= 0.6 is 0 Å². The van der Waals surface area contributed by atoms with Crippen molar-refractivity contribution >= 4 is 5.97 Å². The summed E-state index contributed by atoms with van der Waals surface area (Å²) in [7, 11) is 1.35. The number of azide groups is 1. The van der Waals surface area contributed by atoms with E-state index in [9.17, 15) is 4.79 Å². The lowest BCUT2D eigenvalue weighted by atomic mass is 10.1. The molecule has 0 saturated carbocycles. The lowest BCUT2D eigenvalue weighted by Crippen LogP contribution is -2.05. The van der Waals surface area contributed by atoms with Gasteiger partial charge >= 0.3 is 5.97 Å². The molecule has 0 N–H and O–H groups in total. The number of hydrogen-bond acceptors (Lipinski definition) is 3. The predicted octanol–water partition coefficient (Wildman–Crippen LogP) is 2.06. The molecular formula is C12H11N3O2. The molecule has 0 radical (unpaired) electrons. The van der Waals surface area contributed by atoms with Gasteiger partial charge in [-0.3, -0.25) is 4.79 Å². The van der Waals surface area contributed by atoms with E-state index in [1.165, 1.54) is 7.11 Å². The maximum atomic E-state index is 11.2. The Balaban J connectivity index is 2.86. The highest BCUT2D eigenvalue weighted by atomic mass is 16.5. The van der Waals surface area contributed by atoms with Gasteiger partial charge in [-0.1, -0.05) is 35.2 Å². The molecule has 0 spiro atoms. The second-order valence-electron chi connectivity index (χ2n) is 3.10. The lowest BCUT2D eigenvalue weighted by molar-refractivity contribution is -0.139. The van der Waals surface area contributed by atoms with Gasteiger partial charge in [-0.25, -0.2) is 0 Å². The third-order valence-corrected chi connectivity index (χ3v) is 2.02. The van der Waals surface area contributed by atoms with Crippen molar-refractivity contribution < 1.29 is 9.53 Å². The number of methoxy groups -OCH3 is 1. The number of benzene rings is 1. The van der Waals surface area contributed by atoms with Crippen LogP contribution in [0.4, 0.5) is 0 Å². The van der Waals surface area contributed by atoms with E-state index in [0.29, 0.717) is 0 Å². The van der Waals surface area contributed by atoms with Crippen molar-refractivity contribution in [1.82, 2.24) is 0 Å². The quantitative estimate of drug-likeness (QED) is 0.261. The molecule has 86 valence electrons. The number of hydrogen-bond donors (Lipinski definition) is 0. The Labute approximate surface area is 99.0 Å². The van der Waals surface area contributed by atoms with Gasteiger partial charge in [0.25, 0.3) is 0 Å². The van der Waals surface area contributed by atoms with Gasteiger partial charge in [0, 0.05) is 10.5 Å². The summed E-state index contributed by atoms with van der Waals surface area (Å²) in [5.41, 5.74) is 9.64. The molecular weight excluding hydrogens is 218 g/mol. The van der Waals surface area contributed by atoms with Gasteiger partial charge in [0.2, 0.25) is 0 Å². The minimum absolute atomic E-state index is 0.114. The van der Waals surface area contributed by atoms with Crippen LogP contribution in [0.25, 0.3) is 10.4 Å². The third kappa shape index (κ3) is 4.29. The molecule has 0 aliphatic heterocycles. The van der Waals surface area contributed by atoms with Crippen LogP contribution in [0.2, 0.25) is 0 Å². The van der Waals surface area contributed by atoms with E-state index in [4.69, 9.17) is 5.53 Å². The van der Waals surface area contributed by atoms with E-state index in [2.05, 4.69) is 26.6 Å². The van der Waals surface area contributed by atoms with Crippen LogP contribution in [0.15, 0.2) is 29.4 Å². The van der Waals surface area contributed by atoms with Crippen molar-refractivity contribution in [1.29, 1.82) is 0 Å². The van der Waals surface area contributed by atoms with Gasteiger partial charge in [-0.15, -0.1) is 0 Å². The highest BCUT2D eigenvalue weighted by molar-refractivity contribution is 5.73. The highest BCUT2D eigenvalue weighted by Crippen LogP contribution is 2.08. The highest BCUT2D eigenvalue weighted by Gasteiger charge is 2.05. The molecule has 1 aromatic carbocycles. The Morgan fingerprint density at radius 1 is 1.53 bits per heavy atom. The minimum Gasteiger partial charge on any atom is -0.469 e. The number of nitrogens with zero attached hydrogens (tertiary/aromatic N) is 3. The van der Waals surface area contributed by atoms with Crippen LogP contribution < -0.4 is 0 Å². The second kappa shape index (κ2) is 6.94. The molecule has 0 saturated heterocycles. The van der Waals surface area contributed by atoms with E-state index in [0.717, 1.165) is 11.1 Å². The van der Waals surface area contributed by atoms with Gasteiger partial charge in [-0.2, -0.15) is 0 Å². The zero-order valence-electron chi connectivity index (χ0n) is 9.38. The van der Waals surface area contributed by atoms with E-state index in [1.54, 1.807) is 6.07 Å². The largest absolute Gasteiger partial charge is 0.469 e. The van der Waals surface area contributed by atoms with Gasteiger partial charge in [0.15, 0.2) is 0 Å². The fourth-order valence-corrected chi connectivity index (χ4v) is 1.23. The van der Waals surface area contributed by atoms with Crippen LogP contribution in [-0.2, 0) is 16.0 Å². The average Bonchev–Trinajstić information content (AvgIpc) is 2.36. The van der Waals surface area contributed by atoms with E-state index >= 15 is 0 Å². The molecule has 0 heterocycles. The summed E-state index contributed by atoms with van der Waals surface area (Å²) >= 11 is 0. The SMILES string of the molecule is COC(=O)Cc1ccccc1C#CCN=[N+]=[N-]. The first kappa shape index (κ1) is 12.6. The maximum Gasteiger partial charge on any atom is 0.310 e. The molecule has 0 aliphatic carbocycles. The van der Waals surface area contributed by atoms with Crippen molar-refractivity contribution in [2.45, 2.75) is 6.42 Å². The standard InChI is InChI=1S/C12H11N3O2/c1-17-12(16)9-11-6-3-2-5-10(11)7-4-8-14-15-13/h2-3,5-6H,8-9H2,1H3. The van der Waals surface area contributed by atoms with E-state index < -0.39 is 0 Å². The van der Waals surface area contributed by atoms with E-state index in [-0.39, 0.29) is 18.9 Å². The molecule has 1 rings (SSSR count). The first-order valence-electron chi connectivity index (χ1n) is 4.92. The van der Waals surface area contributed by atoms with Gasteiger partial charge in [-0.05, 0) is 17.2 Å². The van der Waals surface area contributed by atoms with Crippen molar-refractivity contribution in [2.24, 2.45) is 5.11 Å². The summed E-state index contributed by atoms with van der Waals surface area (Å²) in [6.45, 7) is 0.114. The fourth-order valence-electron chi connectivity index (χ4n) is 1.23. The monoisotopic (exact) mass is 229 g/mol. The van der Waals surface area contributed by atoms with E-state index in [1.807, 2.05) is 18.2 Å². The molecule has 17 heavy (non-hydrogen) atoms. The van der Waals surface area contributed by atoms with Crippen molar-refractivity contribution in [3.8, 4) is 11.8 Å². The van der Waals surface area contributed by atoms with Crippen LogP contribution in [-0.4, -0.2) is 19.6 Å². The number of rotatable bonds is 3. The van der Waals surface area contributed by atoms with Crippen molar-refractivity contribution in [3.63, 3.8) is 0 Å².